The first-order valence-corrected chi connectivity index (χ1v) is 6.83. The minimum atomic E-state index is -0.690. The molecule has 0 atom stereocenters. The fourth-order valence-electron chi connectivity index (χ4n) is 2.08. The maximum Gasteiger partial charge on any atom is 0.311 e. The van der Waals surface area contributed by atoms with E-state index in [1.807, 2.05) is 0 Å². The Morgan fingerprint density at radius 2 is 1.60 bits per heavy atom. The molecule has 1 amide bonds. The molecule has 1 N–H and O–H groups in total. The van der Waals surface area contributed by atoms with Crippen LogP contribution in [-0.4, -0.2) is 30.0 Å². The molecule has 0 unspecified atom stereocenters. The summed E-state index contributed by atoms with van der Waals surface area (Å²) < 4.78 is 9.92. The van der Waals surface area contributed by atoms with E-state index in [1.54, 1.807) is 0 Å². The molecule has 0 saturated carbocycles. The molecule has 0 radical (unpaired) electrons. The Bertz CT molecular complexity index is 851. The van der Waals surface area contributed by atoms with Gasteiger partial charge in [0.25, 0.3) is 11.6 Å². The summed E-state index contributed by atoms with van der Waals surface area (Å²) in [5, 5.41) is 24.3. The number of benzene rings is 2. The van der Waals surface area contributed by atoms with Gasteiger partial charge in [0.1, 0.15) is 5.75 Å². The molecule has 0 aromatic heterocycles. The molecule has 10 heteroatoms. The normalized spacial score (nSPS) is 10.0. The lowest BCUT2D eigenvalue weighted by Gasteiger charge is -2.10. The van der Waals surface area contributed by atoms with Crippen molar-refractivity contribution in [2.24, 2.45) is 0 Å². The largest absolute Gasteiger partial charge is 0.495 e. The van der Waals surface area contributed by atoms with Gasteiger partial charge >= 0.3 is 5.69 Å². The number of nitrogens with zero attached hydrogens (tertiary/aromatic N) is 2. The number of nitro groups is 2. The van der Waals surface area contributed by atoms with Gasteiger partial charge in [-0.05, 0) is 18.2 Å². The van der Waals surface area contributed by atoms with Gasteiger partial charge in [0.15, 0.2) is 5.75 Å². The summed E-state index contributed by atoms with van der Waals surface area (Å²) in [6, 6.07) is 7.38. The highest BCUT2D eigenvalue weighted by Crippen LogP contribution is 2.31. The first kappa shape index (κ1) is 17.7. The topological polar surface area (TPSA) is 134 Å². The van der Waals surface area contributed by atoms with Crippen LogP contribution in [0.5, 0.6) is 11.5 Å². The van der Waals surface area contributed by atoms with Crippen LogP contribution in [0.15, 0.2) is 36.4 Å². The summed E-state index contributed by atoms with van der Waals surface area (Å²) in [4.78, 5) is 32.9. The molecule has 2 rings (SSSR count). The van der Waals surface area contributed by atoms with E-state index in [1.165, 1.54) is 38.5 Å². The molecular weight excluding hydrogens is 334 g/mol. The lowest BCUT2D eigenvalue weighted by Crippen LogP contribution is -2.13. The van der Waals surface area contributed by atoms with Gasteiger partial charge in [0, 0.05) is 23.8 Å². The van der Waals surface area contributed by atoms with Gasteiger partial charge in [-0.1, -0.05) is 0 Å². The molecule has 0 aliphatic rings. The van der Waals surface area contributed by atoms with E-state index in [9.17, 15) is 25.0 Å². The number of carbonyl (C=O) groups is 1. The number of rotatable bonds is 6. The van der Waals surface area contributed by atoms with Crippen LogP contribution in [0.3, 0.4) is 0 Å². The lowest BCUT2D eigenvalue weighted by molar-refractivity contribution is -0.385. The Morgan fingerprint density at radius 1 is 0.960 bits per heavy atom. The van der Waals surface area contributed by atoms with Crippen molar-refractivity contribution in [2.75, 3.05) is 19.5 Å². The van der Waals surface area contributed by atoms with Gasteiger partial charge in [0.05, 0.1) is 29.8 Å². The number of ether oxygens (including phenoxy) is 2. The highest BCUT2D eigenvalue weighted by molar-refractivity contribution is 6.05. The van der Waals surface area contributed by atoms with Gasteiger partial charge < -0.3 is 14.8 Å². The molecule has 0 bridgehead atoms. The molecule has 0 saturated heterocycles. The molecule has 10 nitrogen and oxygen atoms in total. The van der Waals surface area contributed by atoms with Crippen molar-refractivity contribution in [1.82, 2.24) is 0 Å². The van der Waals surface area contributed by atoms with Crippen molar-refractivity contribution < 1.29 is 24.1 Å². The zero-order chi connectivity index (χ0) is 18.6. The molecule has 25 heavy (non-hydrogen) atoms. The SMILES string of the molecule is COc1ccc([N+](=O)[O-])cc1NC(=O)c1ccc(OC)c([N+](=O)[O-])c1. The Morgan fingerprint density at radius 3 is 2.16 bits per heavy atom. The van der Waals surface area contributed by atoms with E-state index in [0.29, 0.717) is 0 Å². The third-order valence-electron chi connectivity index (χ3n) is 3.28. The van der Waals surface area contributed by atoms with Crippen molar-refractivity contribution in [3.05, 3.63) is 62.2 Å². The third-order valence-corrected chi connectivity index (χ3v) is 3.28. The fourth-order valence-corrected chi connectivity index (χ4v) is 2.08. The Kier molecular flexibility index (Phi) is 5.12. The number of methoxy groups -OCH3 is 2. The molecule has 0 fully saturated rings. The maximum atomic E-state index is 12.3. The van der Waals surface area contributed by atoms with Crippen molar-refractivity contribution in [3.63, 3.8) is 0 Å². The van der Waals surface area contributed by atoms with Crippen LogP contribution in [0.2, 0.25) is 0 Å². The summed E-state index contributed by atoms with van der Waals surface area (Å²) in [5.74, 6) is -0.471. The van der Waals surface area contributed by atoms with Gasteiger partial charge in [-0.25, -0.2) is 0 Å². The average Bonchev–Trinajstić information content (AvgIpc) is 2.60. The summed E-state index contributed by atoms with van der Waals surface area (Å²) in [6.45, 7) is 0. The average molecular weight is 347 g/mol. The highest BCUT2D eigenvalue weighted by atomic mass is 16.6. The molecule has 0 heterocycles. The fraction of sp³-hybridized carbons (Fsp3) is 0.133. The van der Waals surface area contributed by atoms with Gasteiger partial charge in [-0.2, -0.15) is 0 Å². The second-order valence-electron chi connectivity index (χ2n) is 4.74. The monoisotopic (exact) mass is 347 g/mol. The molecule has 2 aromatic carbocycles. The molecule has 0 aliphatic heterocycles. The number of nitrogens with one attached hydrogen (secondary N) is 1. The number of nitro benzene ring substituents is 2. The predicted molar refractivity (Wildman–Crippen MR) is 87.3 cm³/mol. The lowest BCUT2D eigenvalue weighted by atomic mass is 10.1. The van der Waals surface area contributed by atoms with Crippen LogP contribution in [-0.2, 0) is 0 Å². The van der Waals surface area contributed by atoms with Crippen LogP contribution in [0.25, 0.3) is 0 Å². The second-order valence-corrected chi connectivity index (χ2v) is 4.74. The second kappa shape index (κ2) is 7.25. The predicted octanol–water partition coefficient (Wildman–Crippen LogP) is 2.77. The van der Waals surface area contributed by atoms with E-state index in [4.69, 9.17) is 9.47 Å². The Balaban J connectivity index is 2.37. The number of hydrogen-bond acceptors (Lipinski definition) is 7. The Hall–Kier alpha value is -3.69. The minimum Gasteiger partial charge on any atom is -0.495 e. The highest BCUT2D eigenvalue weighted by Gasteiger charge is 2.20. The number of carbonyl (C=O) groups excluding carboxylic acids is 1. The first-order chi connectivity index (χ1) is 11.9. The summed E-state index contributed by atoms with van der Waals surface area (Å²) >= 11 is 0. The van der Waals surface area contributed by atoms with Gasteiger partial charge in [-0.3, -0.25) is 25.0 Å². The van der Waals surface area contributed by atoms with E-state index < -0.39 is 15.8 Å². The summed E-state index contributed by atoms with van der Waals surface area (Å²) in [5.41, 5.74) is -0.556. The number of amides is 1. The van der Waals surface area contributed by atoms with E-state index >= 15 is 0 Å². The van der Waals surface area contributed by atoms with Gasteiger partial charge in [-0.15, -0.1) is 0 Å². The van der Waals surface area contributed by atoms with Crippen molar-refractivity contribution >= 4 is 23.0 Å². The first-order valence-electron chi connectivity index (χ1n) is 6.83. The van der Waals surface area contributed by atoms with E-state index in [0.717, 1.165) is 12.1 Å². The zero-order valence-corrected chi connectivity index (χ0v) is 13.2. The van der Waals surface area contributed by atoms with Crippen LogP contribution < -0.4 is 14.8 Å². The maximum absolute atomic E-state index is 12.3. The molecule has 2 aromatic rings. The molecule has 0 aliphatic carbocycles. The third kappa shape index (κ3) is 3.80. The van der Waals surface area contributed by atoms with Crippen molar-refractivity contribution in [1.29, 1.82) is 0 Å². The standard InChI is InChI=1S/C15H13N3O7/c1-24-13-6-4-10(17(20)21)8-11(13)16-15(19)9-3-5-14(25-2)12(7-9)18(22)23/h3-8H,1-2H3,(H,16,19). The molecular formula is C15H13N3O7. The number of non-ortho nitro benzene ring substituents is 1. The van der Waals surface area contributed by atoms with Crippen LogP contribution >= 0.6 is 0 Å². The van der Waals surface area contributed by atoms with Crippen LogP contribution in [0, 0.1) is 20.2 Å². The molecule has 130 valence electrons. The van der Waals surface area contributed by atoms with Crippen molar-refractivity contribution in [2.45, 2.75) is 0 Å². The molecule has 0 spiro atoms. The Labute approximate surface area is 141 Å². The summed E-state index contributed by atoms with van der Waals surface area (Å²) in [6.07, 6.45) is 0. The number of anilines is 1. The summed E-state index contributed by atoms with van der Waals surface area (Å²) in [7, 11) is 2.62. The van der Waals surface area contributed by atoms with E-state index in [2.05, 4.69) is 5.32 Å². The minimum absolute atomic E-state index is 0.00878. The zero-order valence-electron chi connectivity index (χ0n) is 13.2. The quantitative estimate of drug-likeness (QED) is 0.627. The van der Waals surface area contributed by atoms with Crippen LogP contribution in [0.1, 0.15) is 10.4 Å². The van der Waals surface area contributed by atoms with E-state index in [-0.39, 0.29) is 34.1 Å². The van der Waals surface area contributed by atoms with Gasteiger partial charge in [0.2, 0.25) is 0 Å². The smallest absolute Gasteiger partial charge is 0.311 e. The number of hydrogen-bond donors (Lipinski definition) is 1. The van der Waals surface area contributed by atoms with Crippen molar-refractivity contribution in [3.8, 4) is 11.5 Å². The van der Waals surface area contributed by atoms with Crippen LogP contribution in [0.4, 0.5) is 17.1 Å².